The number of hydrogen-bond donors (Lipinski definition) is 6. The zero-order valence-electron chi connectivity index (χ0n) is 18.2. The molecule has 0 spiro atoms. The van der Waals surface area contributed by atoms with Crippen LogP contribution in [0.3, 0.4) is 0 Å². The van der Waals surface area contributed by atoms with Crippen molar-refractivity contribution in [2.75, 3.05) is 19.8 Å². The highest BCUT2D eigenvalue weighted by Gasteiger charge is 2.49. The molecule has 13 unspecified atom stereocenters. The topological polar surface area (TPSA) is 220 Å². The average Bonchev–Trinajstić information content (AvgIpc) is 3.34. The summed E-state index contributed by atoms with van der Waals surface area (Å²) in [4.78, 5) is 20.0. The van der Waals surface area contributed by atoms with Gasteiger partial charge in [0.1, 0.15) is 60.2 Å². The number of phosphoric ester groups is 2. The molecule has 3 saturated heterocycles. The van der Waals surface area contributed by atoms with Gasteiger partial charge in [-0.2, -0.15) is 0 Å². The second-order valence-electron chi connectivity index (χ2n) is 8.14. The lowest BCUT2D eigenvalue weighted by molar-refractivity contribution is -0.0356. The third-order valence-electron chi connectivity index (χ3n) is 5.49. The van der Waals surface area contributed by atoms with Gasteiger partial charge in [0.15, 0.2) is 0 Å². The van der Waals surface area contributed by atoms with Crippen LogP contribution in [0.2, 0.25) is 0 Å². The van der Waals surface area contributed by atoms with Gasteiger partial charge >= 0.3 is 15.6 Å². The van der Waals surface area contributed by atoms with Crippen LogP contribution in [-0.2, 0) is 41.4 Å². The van der Waals surface area contributed by atoms with Crippen molar-refractivity contribution in [1.29, 1.82) is 0 Å². The quantitative estimate of drug-likeness (QED) is 0.109. The molecule has 0 aromatic rings. The molecule has 0 aliphatic carbocycles. The Bertz CT molecular complexity index is 802. The first-order valence-electron chi connectivity index (χ1n) is 10.4. The van der Waals surface area contributed by atoms with Gasteiger partial charge < -0.3 is 44.4 Å². The molecular formula is C15H25B3O15P2. The van der Waals surface area contributed by atoms with Crippen LogP contribution < -0.4 is 0 Å². The Hall–Kier alpha value is 0.135. The van der Waals surface area contributed by atoms with Gasteiger partial charge in [0.25, 0.3) is 0 Å². The summed E-state index contributed by atoms with van der Waals surface area (Å²) in [5, 5.41) is 38.9. The second kappa shape index (κ2) is 11.9. The second-order valence-corrected chi connectivity index (χ2v) is 10.9. The van der Waals surface area contributed by atoms with Gasteiger partial charge in [0, 0.05) is 24.4 Å². The van der Waals surface area contributed by atoms with Crippen molar-refractivity contribution < 1.29 is 71.6 Å². The van der Waals surface area contributed by atoms with Crippen LogP contribution in [0.25, 0.3) is 0 Å². The molecule has 0 bridgehead atoms. The number of ether oxygens (including phenoxy) is 3. The minimum atomic E-state index is -4.94. The van der Waals surface area contributed by atoms with Crippen molar-refractivity contribution in [3.05, 3.63) is 0 Å². The summed E-state index contributed by atoms with van der Waals surface area (Å²) in [6.07, 6.45) is -10.7. The van der Waals surface area contributed by atoms with Crippen LogP contribution in [0.15, 0.2) is 0 Å². The highest BCUT2D eigenvalue weighted by molar-refractivity contribution is 7.47. The fraction of sp³-hybridized carbons (Fsp3) is 1.00. The van der Waals surface area contributed by atoms with Crippen molar-refractivity contribution in [2.24, 2.45) is 0 Å². The highest BCUT2D eigenvalue weighted by atomic mass is 31.2. The minimum Gasteiger partial charge on any atom is -0.394 e. The van der Waals surface area contributed by atoms with E-state index in [-0.39, 0.29) is 6.42 Å². The number of aliphatic hydroxyl groups excluding tert-OH is 4. The SMILES string of the molecule is [B]C1OC(COP(=O)(O)OC2C(COP(=O)(O)OC3C(CO)OC([B])C3O)OC([B])C2O)CC1O. The van der Waals surface area contributed by atoms with Gasteiger partial charge in [-0.15, -0.1) is 0 Å². The van der Waals surface area contributed by atoms with E-state index in [1.807, 2.05) is 0 Å². The Kier molecular flexibility index (Phi) is 10.1. The van der Waals surface area contributed by atoms with E-state index < -0.39 is 102 Å². The maximum absolute atomic E-state index is 12.4. The molecule has 0 aromatic heterocycles. The summed E-state index contributed by atoms with van der Waals surface area (Å²) in [7, 11) is 6.74. The van der Waals surface area contributed by atoms with E-state index in [1.165, 1.54) is 0 Å². The first-order chi connectivity index (χ1) is 16.2. The lowest BCUT2D eigenvalue weighted by Crippen LogP contribution is -2.38. The Morgan fingerprint density at radius 1 is 0.771 bits per heavy atom. The number of hydrogen-bond acceptors (Lipinski definition) is 13. The zero-order valence-corrected chi connectivity index (χ0v) is 20.0. The maximum atomic E-state index is 12.4. The van der Waals surface area contributed by atoms with Crippen molar-refractivity contribution in [2.45, 2.75) is 73.3 Å². The predicted molar refractivity (Wildman–Crippen MR) is 114 cm³/mol. The lowest BCUT2D eigenvalue weighted by Gasteiger charge is -2.25. The van der Waals surface area contributed by atoms with Crippen molar-refractivity contribution in [3.63, 3.8) is 0 Å². The Morgan fingerprint density at radius 2 is 1.26 bits per heavy atom. The molecule has 20 heteroatoms. The molecule has 35 heavy (non-hydrogen) atoms. The number of aliphatic hydroxyl groups is 4. The van der Waals surface area contributed by atoms with E-state index in [0.29, 0.717) is 0 Å². The third-order valence-corrected chi connectivity index (χ3v) is 7.46. The molecule has 3 rings (SSSR count). The Morgan fingerprint density at radius 3 is 1.74 bits per heavy atom. The van der Waals surface area contributed by atoms with E-state index in [4.69, 9.17) is 55.8 Å². The van der Waals surface area contributed by atoms with Gasteiger partial charge in [0.2, 0.25) is 0 Å². The Balaban J connectivity index is 1.56. The van der Waals surface area contributed by atoms with Crippen molar-refractivity contribution in [1.82, 2.24) is 0 Å². The molecule has 3 aliphatic heterocycles. The van der Waals surface area contributed by atoms with Crippen LogP contribution in [0.5, 0.6) is 0 Å². The van der Waals surface area contributed by atoms with Crippen LogP contribution in [0, 0.1) is 0 Å². The fourth-order valence-corrected chi connectivity index (χ4v) is 5.62. The minimum absolute atomic E-state index is 0.0478. The van der Waals surface area contributed by atoms with Gasteiger partial charge in [-0.25, -0.2) is 9.13 Å². The summed E-state index contributed by atoms with van der Waals surface area (Å²) >= 11 is 0. The molecule has 0 amide bonds. The molecule has 13 atom stereocenters. The molecular weight excluding hydrogens is 515 g/mol. The smallest absolute Gasteiger partial charge is 0.394 e. The normalized spacial score (nSPS) is 45.4. The summed E-state index contributed by atoms with van der Waals surface area (Å²) in [5.74, 6) is 0. The molecule has 6 radical (unpaired) electrons. The van der Waals surface area contributed by atoms with Gasteiger partial charge in [0.05, 0.1) is 32.0 Å². The van der Waals surface area contributed by atoms with Crippen LogP contribution in [0.4, 0.5) is 0 Å². The zero-order chi connectivity index (χ0) is 26.1. The predicted octanol–water partition coefficient (Wildman–Crippen LogP) is -3.86. The maximum Gasteiger partial charge on any atom is 0.472 e. The first kappa shape index (κ1) is 29.7. The van der Waals surface area contributed by atoms with Crippen LogP contribution in [-0.4, -0.2) is 140 Å². The van der Waals surface area contributed by atoms with Crippen molar-refractivity contribution >= 4 is 39.2 Å². The highest BCUT2D eigenvalue weighted by Crippen LogP contribution is 2.50. The van der Waals surface area contributed by atoms with Crippen molar-refractivity contribution in [3.8, 4) is 0 Å². The molecule has 194 valence electrons. The van der Waals surface area contributed by atoms with E-state index in [1.54, 1.807) is 0 Å². The van der Waals surface area contributed by atoms with E-state index in [0.717, 1.165) is 0 Å². The molecule has 3 heterocycles. The fourth-order valence-electron chi connectivity index (χ4n) is 3.67. The molecule has 3 fully saturated rings. The van der Waals surface area contributed by atoms with Crippen LogP contribution >= 0.6 is 15.6 Å². The van der Waals surface area contributed by atoms with Crippen LogP contribution in [0.1, 0.15) is 6.42 Å². The number of rotatable bonds is 11. The molecule has 0 saturated carbocycles. The summed E-state index contributed by atoms with van der Waals surface area (Å²) in [6, 6.07) is -3.68. The number of phosphoric acid groups is 2. The Labute approximate surface area is 204 Å². The third kappa shape index (κ3) is 7.59. The summed E-state index contributed by atoms with van der Waals surface area (Å²) < 4.78 is 59.5. The van der Waals surface area contributed by atoms with E-state index >= 15 is 0 Å². The monoisotopic (exact) mass is 540 g/mol. The standard InChI is InChI=1S/C15H25B3O15P2/c16-13-6(20)1-5(29-13)3-27-34(23,24)33-12-8(31-15(18)10(12)22)4-28-35(25,26)32-11-7(2-19)30-14(17)9(11)21/h5-15,19-22H,1-4H2,(H,23,24)(H,25,26). The largest absolute Gasteiger partial charge is 0.472 e. The summed E-state index contributed by atoms with van der Waals surface area (Å²) in [6.45, 7) is -1.98. The van der Waals surface area contributed by atoms with Gasteiger partial charge in [-0.1, -0.05) is 0 Å². The average molecular weight is 540 g/mol. The van der Waals surface area contributed by atoms with E-state index in [9.17, 15) is 39.3 Å². The van der Waals surface area contributed by atoms with Gasteiger partial charge in [-0.3, -0.25) is 18.1 Å². The van der Waals surface area contributed by atoms with E-state index in [2.05, 4.69) is 0 Å². The molecule has 0 aromatic carbocycles. The molecule has 3 aliphatic rings. The lowest BCUT2D eigenvalue weighted by atomic mass is 9.93. The molecule has 6 N–H and O–H groups in total. The first-order valence-corrected chi connectivity index (χ1v) is 13.4. The molecule has 15 nitrogen and oxygen atoms in total. The van der Waals surface area contributed by atoms with Gasteiger partial charge in [-0.05, 0) is 0 Å². The summed E-state index contributed by atoms with van der Waals surface area (Å²) in [5.41, 5.74) is 0.